The lowest BCUT2D eigenvalue weighted by Crippen LogP contribution is -2.18. The standard InChI is InChI=1S/C20H10F3N9O2/c21-20(22,23)17-13(10-31(30-17)15-1-3-25-14-2-6-34-16(14)15)19(33)29-12-7-11(8-24)18(26-9-12)32-27-4-5-28-32/h1-7,9-10H,(H,29,33). The van der Waals surface area contributed by atoms with Gasteiger partial charge >= 0.3 is 6.18 Å². The fourth-order valence-electron chi connectivity index (χ4n) is 3.20. The second kappa shape index (κ2) is 7.81. The highest BCUT2D eigenvalue weighted by Crippen LogP contribution is 2.33. The zero-order valence-electron chi connectivity index (χ0n) is 16.7. The summed E-state index contributed by atoms with van der Waals surface area (Å²) in [6, 6.07) is 6.09. The number of nitrogens with one attached hydrogen (secondary N) is 1. The number of fused-ring (bicyclic) bond motifs is 1. The maximum Gasteiger partial charge on any atom is 0.435 e. The first kappa shape index (κ1) is 20.8. The molecule has 0 spiro atoms. The number of amides is 1. The quantitative estimate of drug-likeness (QED) is 0.427. The van der Waals surface area contributed by atoms with Crippen LogP contribution in [0.3, 0.4) is 0 Å². The molecule has 0 radical (unpaired) electrons. The van der Waals surface area contributed by atoms with Crippen LogP contribution in [0.2, 0.25) is 0 Å². The fraction of sp³-hybridized carbons (Fsp3) is 0.0500. The van der Waals surface area contributed by atoms with Gasteiger partial charge in [0.1, 0.15) is 22.8 Å². The van der Waals surface area contributed by atoms with Gasteiger partial charge in [-0.05, 0) is 12.1 Å². The molecule has 5 rings (SSSR count). The zero-order chi connectivity index (χ0) is 23.9. The van der Waals surface area contributed by atoms with Gasteiger partial charge in [-0.2, -0.15) is 33.7 Å². The Hall–Kier alpha value is -5.06. The number of nitriles is 1. The van der Waals surface area contributed by atoms with Gasteiger partial charge in [0, 0.05) is 18.5 Å². The van der Waals surface area contributed by atoms with Gasteiger partial charge < -0.3 is 9.73 Å². The molecule has 0 aliphatic carbocycles. The number of furan rings is 1. The molecule has 168 valence electrons. The van der Waals surface area contributed by atoms with E-state index in [0.29, 0.717) is 5.52 Å². The number of alkyl halides is 3. The summed E-state index contributed by atoms with van der Waals surface area (Å²) in [5.41, 5.74) is -1.35. The SMILES string of the molecule is N#Cc1cc(NC(=O)c2cn(-c3ccnc4ccoc34)nc2C(F)(F)F)cnc1-n1nccn1. The van der Waals surface area contributed by atoms with Crippen LogP contribution in [-0.4, -0.2) is 40.6 Å². The van der Waals surface area contributed by atoms with Crippen molar-refractivity contribution in [2.45, 2.75) is 6.18 Å². The first-order valence-corrected chi connectivity index (χ1v) is 9.43. The summed E-state index contributed by atoms with van der Waals surface area (Å²) in [6.45, 7) is 0. The molecule has 0 atom stereocenters. The van der Waals surface area contributed by atoms with E-state index in [1.807, 2.05) is 6.07 Å². The third-order valence-electron chi connectivity index (χ3n) is 4.65. The smallest absolute Gasteiger partial charge is 0.435 e. The molecule has 1 amide bonds. The van der Waals surface area contributed by atoms with Crippen LogP contribution in [0.15, 0.2) is 59.9 Å². The average Bonchev–Trinajstić information content (AvgIpc) is 3.58. The molecular weight excluding hydrogens is 455 g/mol. The van der Waals surface area contributed by atoms with Crippen LogP contribution in [0, 0.1) is 11.3 Å². The van der Waals surface area contributed by atoms with Crippen molar-refractivity contribution in [2.75, 3.05) is 5.32 Å². The van der Waals surface area contributed by atoms with E-state index in [1.54, 1.807) is 6.07 Å². The highest BCUT2D eigenvalue weighted by Gasteiger charge is 2.39. The molecule has 0 fully saturated rings. The first-order valence-electron chi connectivity index (χ1n) is 9.43. The van der Waals surface area contributed by atoms with Crippen LogP contribution < -0.4 is 5.32 Å². The number of anilines is 1. The molecule has 0 aliphatic rings. The molecule has 14 heteroatoms. The molecule has 5 aromatic heterocycles. The molecule has 5 heterocycles. The van der Waals surface area contributed by atoms with E-state index < -0.39 is 23.3 Å². The van der Waals surface area contributed by atoms with Crippen LogP contribution in [0.4, 0.5) is 18.9 Å². The predicted molar refractivity (Wildman–Crippen MR) is 108 cm³/mol. The van der Waals surface area contributed by atoms with E-state index >= 15 is 0 Å². The number of aromatic nitrogens is 7. The number of rotatable bonds is 4. The maximum atomic E-state index is 13.7. The zero-order valence-corrected chi connectivity index (χ0v) is 16.7. The molecule has 34 heavy (non-hydrogen) atoms. The van der Waals surface area contributed by atoms with Gasteiger partial charge in [0.05, 0.1) is 36.1 Å². The molecule has 1 N–H and O–H groups in total. The van der Waals surface area contributed by atoms with Gasteiger partial charge in [0.15, 0.2) is 17.1 Å². The molecule has 0 aliphatic heterocycles. The van der Waals surface area contributed by atoms with E-state index in [2.05, 4.69) is 30.6 Å². The van der Waals surface area contributed by atoms with Gasteiger partial charge in [-0.15, -0.1) is 4.80 Å². The molecule has 11 nitrogen and oxygen atoms in total. The highest BCUT2D eigenvalue weighted by molar-refractivity contribution is 6.05. The average molecular weight is 465 g/mol. The lowest BCUT2D eigenvalue weighted by Gasteiger charge is -2.08. The van der Waals surface area contributed by atoms with Gasteiger partial charge in [-0.1, -0.05) is 0 Å². The monoisotopic (exact) mass is 465 g/mol. The largest absolute Gasteiger partial charge is 0.460 e. The normalized spacial score (nSPS) is 11.5. The Labute approximate surface area is 187 Å². The molecule has 0 saturated heterocycles. The van der Waals surface area contributed by atoms with Crippen LogP contribution >= 0.6 is 0 Å². The second-order valence-electron chi connectivity index (χ2n) is 6.78. The van der Waals surface area contributed by atoms with Gasteiger partial charge in [-0.25, -0.2) is 9.67 Å². The van der Waals surface area contributed by atoms with Crippen LogP contribution in [-0.2, 0) is 6.18 Å². The van der Waals surface area contributed by atoms with Crippen molar-refractivity contribution in [1.29, 1.82) is 5.26 Å². The van der Waals surface area contributed by atoms with Crippen LogP contribution in [0.1, 0.15) is 21.6 Å². The van der Waals surface area contributed by atoms with E-state index in [9.17, 15) is 23.2 Å². The first-order chi connectivity index (χ1) is 16.3. The maximum absolute atomic E-state index is 13.7. The minimum atomic E-state index is -4.92. The topological polar surface area (TPSA) is 140 Å². The van der Waals surface area contributed by atoms with Crippen molar-refractivity contribution < 1.29 is 22.4 Å². The predicted octanol–water partition coefficient (Wildman–Crippen LogP) is 3.13. The summed E-state index contributed by atoms with van der Waals surface area (Å²) in [4.78, 5) is 22.0. The fourth-order valence-corrected chi connectivity index (χ4v) is 3.20. The summed E-state index contributed by atoms with van der Waals surface area (Å²) < 4.78 is 47.3. The summed E-state index contributed by atoms with van der Waals surface area (Å²) in [5, 5.41) is 23.1. The number of hydrogen-bond acceptors (Lipinski definition) is 8. The molecule has 0 unspecified atom stereocenters. The highest BCUT2D eigenvalue weighted by atomic mass is 19.4. The summed E-state index contributed by atoms with van der Waals surface area (Å²) >= 11 is 0. The van der Waals surface area contributed by atoms with Crippen LogP contribution in [0.25, 0.3) is 22.6 Å². The van der Waals surface area contributed by atoms with Gasteiger partial charge in [0.2, 0.25) is 0 Å². The third-order valence-corrected chi connectivity index (χ3v) is 4.65. The minimum absolute atomic E-state index is 0.00210. The molecule has 0 bridgehead atoms. The summed E-state index contributed by atoms with van der Waals surface area (Å²) in [5.74, 6) is -1.01. The van der Waals surface area contributed by atoms with Crippen LogP contribution in [0.5, 0.6) is 0 Å². The number of hydrogen-bond donors (Lipinski definition) is 1. The van der Waals surface area contributed by atoms with E-state index in [-0.39, 0.29) is 28.3 Å². The molecule has 0 saturated carbocycles. The Bertz CT molecular complexity index is 1560. The molecule has 0 aromatic carbocycles. The number of nitrogens with zero attached hydrogens (tertiary/aromatic N) is 8. The second-order valence-corrected chi connectivity index (χ2v) is 6.78. The summed E-state index contributed by atoms with van der Waals surface area (Å²) in [6.07, 6.45) is 2.68. The van der Waals surface area contributed by atoms with Crippen molar-refractivity contribution >= 4 is 22.7 Å². The Kier molecular flexibility index (Phi) is 4.79. The number of halogens is 3. The molecular formula is C20H10F3N9O2. The van der Waals surface area contributed by atoms with E-state index in [0.717, 1.165) is 15.7 Å². The van der Waals surface area contributed by atoms with E-state index in [4.69, 9.17) is 4.42 Å². The Morgan fingerprint density at radius 1 is 1.15 bits per heavy atom. The third kappa shape index (κ3) is 3.60. The van der Waals surface area contributed by atoms with Crippen molar-refractivity contribution in [2.24, 2.45) is 0 Å². The lowest BCUT2D eigenvalue weighted by molar-refractivity contribution is -0.141. The Balaban J connectivity index is 1.52. The van der Waals surface area contributed by atoms with E-state index in [1.165, 1.54) is 43.2 Å². The van der Waals surface area contributed by atoms with Crippen molar-refractivity contribution in [3.63, 3.8) is 0 Å². The van der Waals surface area contributed by atoms with Crippen molar-refractivity contribution in [3.05, 3.63) is 72.3 Å². The van der Waals surface area contributed by atoms with Crippen molar-refractivity contribution in [1.82, 2.24) is 34.7 Å². The molecule has 5 aromatic rings. The van der Waals surface area contributed by atoms with Gasteiger partial charge in [-0.3, -0.25) is 9.78 Å². The Morgan fingerprint density at radius 2 is 1.94 bits per heavy atom. The summed E-state index contributed by atoms with van der Waals surface area (Å²) in [7, 11) is 0. The number of carbonyl (C=O) groups excluding carboxylic acids is 1. The van der Waals surface area contributed by atoms with Gasteiger partial charge in [0.25, 0.3) is 5.91 Å². The van der Waals surface area contributed by atoms with Crippen molar-refractivity contribution in [3.8, 4) is 17.6 Å². The number of pyridine rings is 2. The minimum Gasteiger partial charge on any atom is -0.460 e. The lowest BCUT2D eigenvalue weighted by atomic mass is 10.2. The number of carbonyl (C=O) groups is 1. The Morgan fingerprint density at radius 3 is 2.68 bits per heavy atom.